The van der Waals surface area contributed by atoms with E-state index >= 15 is 0 Å². The molecule has 0 atom stereocenters. The first-order valence-electron chi connectivity index (χ1n) is 5.22. The van der Waals surface area contributed by atoms with Gasteiger partial charge in [0, 0.05) is 26.4 Å². The highest BCUT2D eigenvalue weighted by atomic mass is 16.5. The molecule has 16 heavy (non-hydrogen) atoms. The number of methoxy groups -OCH3 is 1. The zero-order valence-corrected chi connectivity index (χ0v) is 10.0. The number of carbonyl (C=O) groups excluding carboxylic acids is 1. The van der Waals surface area contributed by atoms with Gasteiger partial charge >= 0.3 is 0 Å². The lowest BCUT2D eigenvalue weighted by atomic mass is 10.2. The SMILES string of the molecule is COCCNC(=O)/C(C#N)=C\NCC(C)C. The minimum Gasteiger partial charge on any atom is -0.389 e. The predicted molar refractivity (Wildman–Crippen MR) is 61.4 cm³/mol. The van der Waals surface area contributed by atoms with E-state index in [9.17, 15) is 4.79 Å². The quantitative estimate of drug-likeness (QED) is 0.374. The molecule has 0 fully saturated rings. The average Bonchev–Trinajstić information content (AvgIpc) is 2.24. The summed E-state index contributed by atoms with van der Waals surface area (Å²) in [5.41, 5.74) is 0.0803. The molecular weight excluding hydrogens is 206 g/mol. The van der Waals surface area contributed by atoms with Crippen molar-refractivity contribution in [3.63, 3.8) is 0 Å². The highest BCUT2D eigenvalue weighted by Crippen LogP contribution is 1.92. The fourth-order valence-corrected chi connectivity index (χ4v) is 0.907. The molecule has 90 valence electrons. The Balaban J connectivity index is 4.06. The van der Waals surface area contributed by atoms with Crippen LogP contribution in [0, 0.1) is 17.2 Å². The van der Waals surface area contributed by atoms with Crippen LogP contribution < -0.4 is 10.6 Å². The molecule has 1 amide bonds. The van der Waals surface area contributed by atoms with Crippen LogP contribution in [0.15, 0.2) is 11.8 Å². The van der Waals surface area contributed by atoms with Crippen LogP contribution in [0.5, 0.6) is 0 Å². The second kappa shape index (κ2) is 8.74. The molecule has 0 aromatic rings. The molecule has 0 saturated carbocycles. The summed E-state index contributed by atoms with van der Waals surface area (Å²) in [6, 6.07) is 1.85. The van der Waals surface area contributed by atoms with Gasteiger partial charge in [0.2, 0.25) is 0 Å². The number of nitriles is 1. The number of nitrogens with zero attached hydrogens (tertiary/aromatic N) is 1. The lowest BCUT2D eigenvalue weighted by Gasteiger charge is -2.05. The Bertz CT molecular complexity index is 279. The Kier molecular flexibility index (Phi) is 7.90. The summed E-state index contributed by atoms with van der Waals surface area (Å²) in [4.78, 5) is 11.4. The largest absolute Gasteiger partial charge is 0.389 e. The van der Waals surface area contributed by atoms with Crippen molar-refractivity contribution >= 4 is 5.91 Å². The van der Waals surface area contributed by atoms with E-state index in [-0.39, 0.29) is 11.5 Å². The van der Waals surface area contributed by atoms with Crippen molar-refractivity contribution in [1.29, 1.82) is 5.26 Å². The van der Waals surface area contributed by atoms with Crippen molar-refractivity contribution in [2.24, 2.45) is 5.92 Å². The molecule has 5 nitrogen and oxygen atoms in total. The second-order valence-electron chi connectivity index (χ2n) is 3.72. The third-order valence-corrected chi connectivity index (χ3v) is 1.73. The van der Waals surface area contributed by atoms with E-state index in [1.165, 1.54) is 6.20 Å². The number of hydrogen-bond donors (Lipinski definition) is 2. The maximum Gasteiger partial charge on any atom is 0.263 e. The minimum atomic E-state index is -0.379. The maximum atomic E-state index is 11.4. The number of ether oxygens (including phenoxy) is 1. The van der Waals surface area contributed by atoms with Gasteiger partial charge in [-0.2, -0.15) is 5.26 Å². The summed E-state index contributed by atoms with van der Waals surface area (Å²) in [5, 5.41) is 14.3. The van der Waals surface area contributed by atoms with Crippen LogP contribution in [0.2, 0.25) is 0 Å². The number of hydrogen-bond acceptors (Lipinski definition) is 4. The smallest absolute Gasteiger partial charge is 0.263 e. The second-order valence-corrected chi connectivity index (χ2v) is 3.72. The van der Waals surface area contributed by atoms with Gasteiger partial charge < -0.3 is 15.4 Å². The van der Waals surface area contributed by atoms with Crippen molar-refractivity contribution in [2.45, 2.75) is 13.8 Å². The lowest BCUT2D eigenvalue weighted by molar-refractivity contribution is -0.117. The number of rotatable bonds is 7. The van der Waals surface area contributed by atoms with Crippen LogP contribution in [0.3, 0.4) is 0 Å². The van der Waals surface area contributed by atoms with E-state index in [4.69, 9.17) is 10.00 Å². The van der Waals surface area contributed by atoms with Gasteiger partial charge in [-0.1, -0.05) is 13.8 Å². The summed E-state index contributed by atoms with van der Waals surface area (Å²) in [6.45, 7) is 5.66. The van der Waals surface area contributed by atoms with E-state index in [1.807, 2.05) is 19.9 Å². The first kappa shape index (κ1) is 14.5. The lowest BCUT2D eigenvalue weighted by Crippen LogP contribution is -2.29. The summed E-state index contributed by atoms with van der Waals surface area (Å²) in [5.74, 6) is 0.0866. The third kappa shape index (κ3) is 6.85. The molecule has 0 heterocycles. The minimum absolute atomic E-state index is 0.0803. The van der Waals surface area contributed by atoms with Gasteiger partial charge in [0.1, 0.15) is 11.6 Å². The molecule has 0 aromatic heterocycles. The van der Waals surface area contributed by atoms with Crippen molar-refractivity contribution in [3.8, 4) is 6.07 Å². The Morgan fingerprint density at radius 1 is 1.56 bits per heavy atom. The normalized spacial score (nSPS) is 11.1. The molecule has 0 aliphatic carbocycles. The van der Waals surface area contributed by atoms with Gasteiger partial charge in [-0.25, -0.2) is 0 Å². The first-order chi connectivity index (χ1) is 7.61. The van der Waals surface area contributed by atoms with Gasteiger partial charge in [-0.15, -0.1) is 0 Å². The standard InChI is InChI=1S/C11H19N3O2/c1-9(2)7-13-8-10(6-12)11(15)14-4-5-16-3/h8-9,13H,4-5,7H2,1-3H3,(H,14,15)/b10-8-. The van der Waals surface area contributed by atoms with Crippen LogP contribution in [0.1, 0.15) is 13.8 Å². The molecule has 0 aromatic carbocycles. The zero-order chi connectivity index (χ0) is 12.4. The molecule has 0 radical (unpaired) electrons. The van der Waals surface area contributed by atoms with Crippen molar-refractivity contribution in [1.82, 2.24) is 10.6 Å². The summed E-state index contributed by atoms with van der Waals surface area (Å²) >= 11 is 0. The first-order valence-corrected chi connectivity index (χ1v) is 5.22. The van der Waals surface area contributed by atoms with E-state index in [1.54, 1.807) is 7.11 Å². The van der Waals surface area contributed by atoms with E-state index in [0.29, 0.717) is 19.1 Å². The fraction of sp³-hybridized carbons (Fsp3) is 0.636. The monoisotopic (exact) mass is 225 g/mol. The van der Waals surface area contributed by atoms with Gasteiger partial charge in [0.05, 0.1) is 6.61 Å². The number of amides is 1. The molecule has 0 unspecified atom stereocenters. The molecule has 0 spiro atoms. The Hall–Kier alpha value is -1.54. The van der Waals surface area contributed by atoms with Crippen molar-refractivity contribution in [2.75, 3.05) is 26.8 Å². The molecule has 0 saturated heterocycles. The van der Waals surface area contributed by atoms with Crippen LogP contribution >= 0.6 is 0 Å². The highest BCUT2D eigenvalue weighted by Gasteiger charge is 2.07. The number of carbonyl (C=O) groups is 1. The third-order valence-electron chi connectivity index (χ3n) is 1.73. The molecule has 2 N–H and O–H groups in total. The van der Waals surface area contributed by atoms with Crippen LogP contribution in [-0.2, 0) is 9.53 Å². The molecular formula is C11H19N3O2. The number of nitrogens with one attached hydrogen (secondary N) is 2. The van der Waals surface area contributed by atoms with Crippen LogP contribution in [0.4, 0.5) is 0 Å². The van der Waals surface area contributed by atoms with E-state index in [0.717, 1.165) is 6.54 Å². The molecule has 0 rings (SSSR count). The van der Waals surface area contributed by atoms with Crippen molar-refractivity contribution < 1.29 is 9.53 Å². The molecule has 5 heteroatoms. The van der Waals surface area contributed by atoms with Crippen molar-refractivity contribution in [3.05, 3.63) is 11.8 Å². The average molecular weight is 225 g/mol. The van der Waals surface area contributed by atoms with Crippen LogP contribution in [-0.4, -0.2) is 32.7 Å². The highest BCUT2D eigenvalue weighted by molar-refractivity contribution is 5.97. The Morgan fingerprint density at radius 3 is 2.75 bits per heavy atom. The summed E-state index contributed by atoms with van der Waals surface area (Å²) in [7, 11) is 1.55. The fourth-order valence-electron chi connectivity index (χ4n) is 0.907. The summed E-state index contributed by atoms with van der Waals surface area (Å²) < 4.78 is 4.79. The van der Waals surface area contributed by atoms with Gasteiger partial charge in [0.25, 0.3) is 5.91 Å². The Labute approximate surface area is 96.5 Å². The Morgan fingerprint density at radius 2 is 2.25 bits per heavy atom. The molecule has 0 bridgehead atoms. The van der Waals surface area contributed by atoms with E-state index < -0.39 is 0 Å². The maximum absolute atomic E-state index is 11.4. The van der Waals surface area contributed by atoms with Gasteiger partial charge in [-0.3, -0.25) is 4.79 Å². The zero-order valence-electron chi connectivity index (χ0n) is 10.0. The van der Waals surface area contributed by atoms with Gasteiger partial charge in [-0.05, 0) is 5.92 Å². The van der Waals surface area contributed by atoms with Crippen LogP contribution in [0.25, 0.3) is 0 Å². The van der Waals surface area contributed by atoms with E-state index in [2.05, 4.69) is 10.6 Å². The molecule has 0 aliphatic heterocycles. The van der Waals surface area contributed by atoms with Gasteiger partial charge in [0.15, 0.2) is 0 Å². The summed E-state index contributed by atoms with van der Waals surface area (Å²) in [6.07, 6.45) is 1.45. The molecule has 0 aliphatic rings. The topological polar surface area (TPSA) is 74.1 Å². The predicted octanol–water partition coefficient (Wildman–Crippen LogP) is 0.402.